The maximum Gasteiger partial charge on any atom is 0.414 e. The zero-order valence-corrected chi connectivity index (χ0v) is 19.0. The second-order valence-corrected chi connectivity index (χ2v) is 9.40. The molecule has 2 heterocycles. The fourth-order valence-electron chi connectivity index (χ4n) is 4.26. The Bertz CT molecular complexity index is 887. The summed E-state index contributed by atoms with van der Waals surface area (Å²) in [6, 6.07) is 12.2. The first-order chi connectivity index (χ1) is 14.5. The van der Waals surface area contributed by atoms with Gasteiger partial charge in [-0.15, -0.1) is 0 Å². The van der Waals surface area contributed by atoms with Crippen molar-refractivity contribution in [2.24, 2.45) is 5.92 Å². The summed E-state index contributed by atoms with van der Waals surface area (Å²) in [5, 5.41) is 0.649. The van der Waals surface area contributed by atoms with E-state index in [2.05, 4.69) is 20.8 Å². The van der Waals surface area contributed by atoms with E-state index in [1.54, 1.807) is 29.2 Å². The fourth-order valence-corrected chi connectivity index (χ4v) is 4.79. The zero-order valence-electron chi connectivity index (χ0n) is 16.7. The smallest absolute Gasteiger partial charge is 0.414 e. The molecule has 0 bridgehead atoms. The molecule has 1 amide bonds. The Kier molecular flexibility index (Phi) is 6.96. The summed E-state index contributed by atoms with van der Waals surface area (Å²) < 4.78 is 20.1. The van der Waals surface area contributed by atoms with Crippen LogP contribution in [0, 0.1) is 11.7 Å². The van der Waals surface area contributed by atoms with Gasteiger partial charge in [0.25, 0.3) is 0 Å². The standard InChI is InChI=1S/C23H25BrClFN2O2/c24-22-6-3-19(26)14-17(22)13-16-7-10-27(11-8-16)12-9-21-15-28(23(29)30-21)20-4-1-18(25)2-5-20/h1-6,14,16,21H,7-13,15H2. The van der Waals surface area contributed by atoms with Gasteiger partial charge in [0.05, 0.1) is 6.54 Å². The third-order valence-corrected chi connectivity index (χ3v) is 7.03. The number of carbonyl (C=O) groups excluding carboxylic acids is 1. The summed E-state index contributed by atoms with van der Waals surface area (Å²) in [5.41, 5.74) is 1.87. The minimum absolute atomic E-state index is 0.0887. The SMILES string of the molecule is O=C1OC(CCN2CCC(Cc3cc(F)ccc3Br)CC2)CN1c1ccc(Cl)cc1. The number of carbonyl (C=O) groups is 1. The van der Waals surface area contributed by atoms with Gasteiger partial charge < -0.3 is 9.64 Å². The average Bonchev–Trinajstić information content (AvgIpc) is 3.11. The summed E-state index contributed by atoms with van der Waals surface area (Å²) in [5.74, 6) is 0.397. The van der Waals surface area contributed by atoms with E-state index in [4.69, 9.17) is 16.3 Å². The zero-order chi connectivity index (χ0) is 21.1. The number of anilines is 1. The lowest BCUT2D eigenvalue weighted by atomic mass is 9.90. The summed E-state index contributed by atoms with van der Waals surface area (Å²) in [7, 11) is 0. The Labute approximate surface area is 190 Å². The van der Waals surface area contributed by atoms with Gasteiger partial charge >= 0.3 is 6.09 Å². The molecule has 0 aliphatic carbocycles. The molecule has 2 aromatic carbocycles. The van der Waals surface area contributed by atoms with E-state index in [0.29, 0.717) is 17.5 Å². The molecular formula is C23H25BrClFN2O2. The molecule has 1 atom stereocenters. The number of amides is 1. The van der Waals surface area contributed by atoms with Gasteiger partial charge in [-0.1, -0.05) is 27.5 Å². The van der Waals surface area contributed by atoms with Crippen LogP contribution in [-0.2, 0) is 11.2 Å². The largest absolute Gasteiger partial charge is 0.444 e. The summed E-state index contributed by atoms with van der Waals surface area (Å²) in [6.45, 7) is 3.55. The van der Waals surface area contributed by atoms with Crippen molar-refractivity contribution < 1.29 is 13.9 Å². The molecule has 0 radical (unpaired) electrons. The Balaban J connectivity index is 1.22. The third kappa shape index (κ3) is 5.34. The van der Waals surface area contributed by atoms with Gasteiger partial charge in [-0.2, -0.15) is 0 Å². The van der Waals surface area contributed by atoms with E-state index in [-0.39, 0.29) is 18.0 Å². The molecule has 2 aliphatic heterocycles. The van der Waals surface area contributed by atoms with Crippen molar-refractivity contribution in [1.82, 2.24) is 4.90 Å². The van der Waals surface area contributed by atoms with Gasteiger partial charge in [0.15, 0.2) is 0 Å². The van der Waals surface area contributed by atoms with Gasteiger partial charge in [-0.25, -0.2) is 9.18 Å². The Hall–Kier alpha value is -1.63. The summed E-state index contributed by atoms with van der Waals surface area (Å²) in [4.78, 5) is 16.3. The van der Waals surface area contributed by atoms with Crippen molar-refractivity contribution in [3.8, 4) is 0 Å². The Morgan fingerprint density at radius 1 is 1.13 bits per heavy atom. The molecular weight excluding hydrogens is 471 g/mol. The fraction of sp³-hybridized carbons (Fsp3) is 0.435. The maximum atomic E-state index is 13.5. The minimum atomic E-state index is -0.290. The number of hydrogen-bond donors (Lipinski definition) is 0. The lowest BCUT2D eigenvalue weighted by Gasteiger charge is -2.32. The van der Waals surface area contributed by atoms with Crippen LogP contribution in [0.25, 0.3) is 0 Å². The van der Waals surface area contributed by atoms with Crippen LogP contribution in [0.15, 0.2) is 46.9 Å². The molecule has 30 heavy (non-hydrogen) atoms. The first-order valence-electron chi connectivity index (χ1n) is 10.4. The molecule has 2 aliphatic rings. The topological polar surface area (TPSA) is 32.8 Å². The second kappa shape index (κ2) is 9.67. The number of halogens is 3. The number of ether oxygens (including phenoxy) is 1. The highest BCUT2D eigenvalue weighted by molar-refractivity contribution is 9.10. The van der Waals surface area contributed by atoms with Crippen LogP contribution in [0.1, 0.15) is 24.8 Å². The van der Waals surface area contributed by atoms with Gasteiger partial charge in [-0.05, 0) is 92.7 Å². The van der Waals surface area contributed by atoms with Crippen molar-refractivity contribution in [2.75, 3.05) is 31.1 Å². The van der Waals surface area contributed by atoms with Crippen LogP contribution in [-0.4, -0.2) is 43.3 Å². The van der Waals surface area contributed by atoms with Crippen molar-refractivity contribution >= 4 is 39.3 Å². The molecule has 4 nitrogen and oxygen atoms in total. The predicted molar refractivity (Wildman–Crippen MR) is 121 cm³/mol. The number of cyclic esters (lactones) is 1. The number of hydrogen-bond acceptors (Lipinski definition) is 3. The second-order valence-electron chi connectivity index (χ2n) is 8.11. The van der Waals surface area contributed by atoms with Crippen LogP contribution in [0.5, 0.6) is 0 Å². The number of benzene rings is 2. The normalized spacial score (nSPS) is 20.6. The lowest BCUT2D eigenvalue weighted by Crippen LogP contribution is -2.36. The highest BCUT2D eigenvalue weighted by Gasteiger charge is 2.32. The van der Waals surface area contributed by atoms with Crippen molar-refractivity contribution in [3.05, 3.63) is 63.3 Å². The van der Waals surface area contributed by atoms with E-state index in [1.165, 1.54) is 6.07 Å². The Morgan fingerprint density at radius 2 is 1.87 bits per heavy atom. The highest BCUT2D eigenvalue weighted by Crippen LogP contribution is 2.28. The molecule has 2 fully saturated rings. The van der Waals surface area contributed by atoms with Crippen LogP contribution < -0.4 is 4.90 Å². The molecule has 0 spiro atoms. The highest BCUT2D eigenvalue weighted by atomic mass is 79.9. The third-order valence-electron chi connectivity index (χ3n) is 6.00. The minimum Gasteiger partial charge on any atom is -0.444 e. The molecule has 4 rings (SSSR count). The predicted octanol–water partition coefficient (Wildman–Crippen LogP) is 5.91. The molecule has 7 heteroatoms. The van der Waals surface area contributed by atoms with Gasteiger partial charge in [0.2, 0.25) is 0 Å². The number of rotatable bonds is 6. The van der Waals surface area contributed by atoms with Crippen LogP contribution >= 0.6 is 27.5 Å². The van der Waals surface area contributed by atoms with Crippen LogP contribution in [0.2, 0.25) is 5.02 Å². The first-order valence-corrected chi connectivity index (χ1v) is 11.5. The van der Waals surface area contributed by atoms with E-state index in [1.807, 2.05) is 12.1 Å². The lowest BCUT2D eigenvalue weighted by molar-refractivity contribution is 0.116. The Morgan fingerprint density at radius 3 is 2.60 bits per heavy atom. The van der Waals surface area contributed by atoms with E-state index in [9.17, 15) is 9.18 Å². The van der Waals surface area contributed by atoms with E-state index >= 15 is 0 Å². The molecule has 0 N–H and O–H groups in total. The number of piperidine rings is 1. The molecule has 160 valence electrons. The molecule has 2 aromatic rings. The summed E-state index contributed by atoms with van der Waals surface area (Å²) in [6.07, 6.45) is 3.56. The molecule has 0 saturated carbocycles. The van der Waals surface area contributed by atoms with E-state index in [0.717, 1.165) is 61.0 Å². The first kappa shape index (κ1) is 21.6. The van der Waals surface area contributed by atoms with Crippen molar-refractivity contribution in [1.29, 1.82) is 0 Å². The quantitative estimate of drug-likeness (QED) is 0.499. The average molecular weight is 496 g/mol. The van der Waals surface area contributed by atoms with Gasteiger partial charge in [0.1, 0.15) is 11.9 Å². The molecule has 0 aromatic heterocycles. The maximum absolute atomic E-state index is 13.5. The molecule has 1 unspecified atom stereocenters. The van der Waals surface area contributed by atoms with Crippen LogP contribution in [0.4, 0.5) is 14.9 Å². The monoisotopic (exact) mass is 494 g/mol. The van der Waals surface area contributed by atoms with Crippen molar-refractivity contribution in [2.45, 2.75) is 31.8 Å². The van der Waals surface area contributed by atoms with Crippen LogP contribution in [0.3, 0.4) is 0 Å². The molecule has 2 saturated heterocycles. The van der Waals surface area contributed by atoms with E-state index < -0.39 is 0 Å². The summed E-state index contributed by atoms with van der Waals surface area (Å²) >= 11 is 9.46. The van der Waals surface area contributed by atoms with Gasteiger partial charge in [-0.3, -0.25) is 4.90 Å². The van der Waals surface area contributed by atoms with Crippen molar-refractivity contribution in [3.63, 3.8) is 0 Å². The van der Waals surface area contributed by atoms with Gasteiger partial charge in [0, 0.05) is 21.7 Å². The number of likely N-dealkylation sites (tertiary alicyclic amines) is 1. The number of nitrogens with zero attached hydrogens (tertiary/aromatic N) is 2.